The van der Waals surface area contributed by atoms with Crippen LogP contribution in [0.3, 0.4) is 0 Å². The van der Waals surface area contributed by atoms with Crippen LogP contribution in [0.5, 0.6) is 23.0 Å². The first-order chi connectivity index (χ1) is 27.3. The van der Waals surface area contributed by atoms with Gasteiger partial charge in [-0.15, -0.1) is 0 Å². The standard InChI is InChI=1S/C48H62N2O6/c1-7-19-53-45-35-15-13-16-36(45)28-40-24-34(32-50-44(52)12-6)26-42(48(40)56-22-10-4)30-38-18-14-17-37(46(38)54-20-8-2)29-41-25-33(31-49-43(51)11-5)23-39(27-35)47(41)55-21-9-3/h13-18,23-26H,7-12,19-22,27-32H2,1-6H3,(H,49,51)(H,50,52). The lowest BCUT2D eigenvalue weighted by Crippen LogP contribution is -2.22. The highest BCUT2D eigenvalue weighted by atomic mass is 16.5. The molecule has 5 rings (SSSR count). The number of carbonyl (C=O) groups excluding carboxylic acids is 2. The second-order valence-electron chi connectivity index (χ2n) is 14.7. The highest BCUT2D eigenvalue weighted by molar-refractivity contribution is 5.76. The summed E-state index contributed by atoms with van der Waals surface area (Å²) in [6.07, 6.45) is 6.68. The van der Waals surface area contributed by atoms with Gasteiger partial charge in [0.15, 0.2) is 0 Å². The Kier molecular flexibility index (Phi) is 16.1. The first kappa shape index (κ1) is 42.2. The number of carbonyl (C=O) groups is 2. The first-order valence-electron chi connectivity index (χ1n) is 20.9. The molecule has 4 aromatic carbocycles. The first-order valence-corrected chi connectivity index (χ1v) is 20.9. The lowest BCUT2D eigenvalue weighted by atomic mass is 9.89. The lowest BCUT2D eigenvalue weighted by Gasteiger charge is -2.24. The fourth-order valence-corrected chi connectivity index (χ4v) is 7.25. The molecule has 0 spiro atoms. The van der Waals surface area contributed by atoms with Crippen molar-refractivity contribution >= 4 is 11.8 Å². The van der Waals surface area contributed by atoms with Gasteiger partial charge in [-0.2, -0.15) is 0 Å². The second-order valence-corrected chi connectivity index (χ2v) is 14.7. The molecule has 2 N–H and O–H groups in total. The maximum Gasteiger partial charge on any atom is 0.219 e. The van der Waals surface area contributed by atoms with E-state index in [2.05, 4.69) is 99.0 Å². The van der Waals surface area contributed by atoms with E-state index < -0.39 is 0 Å². The normalized spacial score (nSPS) is 12.1. The molecule has 0 aromatic heterocycles. The Labute approximate surface area is 334 Å². The molecule has 56 heavy (non-hydrogen) atoms. The van der Waals surface area contributed by atoms with Gasteiger partial charge in [-0.1, -0.05) is 77.9 Å². The number of amides is 2. The van der Waals surface area contributed by atoms with Crippen LogP contribution >= 0.6 is 0 Å². The molecule has 0 aliphatic heterocycles. The minimum atomic E-state index is 0.0150. The summed E-state index contributed by atoms with van der Waals surface area (Å²) < 4.78 is 26.7. The monoisotopic (exact) mass is 762 g/mol. The van der Waals surface area contributed by atoms with Crippen LogP contribution in [0.2, 0.25) is 0 Å². The number of hydrogen-bond acceptors (Lipinski definition) is 6. The second kappa shape index (κ2) is 21.4. The molecule has 8 bridgehead atoms. The van der Waals surface area contributed by atoms with Crippen molar-refractivity contribution in [2.75, 3.05) is 26.4 Å². The average molecular weight is 763 g/mol. The van der Waals surface area contributed by atoms with Gasteiger partial charge in [0, 0.05) is 51.6 Å². The summed E-state index contributed by atoms with van der Waals surface area (Å²) in [4.78, 5) is 24.9. The molecule has 2 amide bonds. The number of ether oxygens (including phenoxy) is 4. The van der Waals surface area contributed by atoms with Crippen LogP contribution in [0.25, 0.3) is 0 Å². The Morgan fingerprint density at radius 1 is 0.446 bits per heavy atom. The highest BCUT2D eigenvalue weighted by Crippen LogP contribution is 2.40. The minimum absolute atomic E-state index is 0.0150. The van der Waals surface area contributed by atoms with Gasteiger partial charge in [0.2, 0.25) is 11.8 Å². The zero-order valence-corrected chi connectivity index (χ0v) is 34.5. The summed E-state index contributed by atoms with van der Waals surface area (Å²) in [5.74, 6) is 3.54. The van der Waals surface area contributed by atoms with Crippen LogP contribution in [-0.2, 0) is 48.4 Å². The van der Waals surface area contributed by atoms with Crippen LogP contribution in [0, 0.1) is 0 Å². The van der Waals surface area contributed by atoms with Gasteiger partial charge in [0.1, 0.15) is 23.0 Å². The SMILES string of the molecule is CCCOc1c2cccc1Cc1cc(CNC(=O)CC)cc(c1OCCC)Cc1cccc(c1OCCC)Cc1cc(CNC(=O)CC)cc(c1OCCC)C2. The number of hydrogen-bond donors (Lipinski definition) is 2. The third kappa shape index (κ3) is 11.1. The van der Waals surface area contributed by atoms with E-state index in [1.54, 1.807) is 0 Å². The van der Waals surface area contributed by atoms with Crippen molar-refractivity contribution in [2.24, 2.45) is 0 Å². The molecule has 0 saturated heterocycles. The molecular weight excluding hydrogens is 701 g/mol. The Morgan fingerprint density at radius 2 is 0.714 bits per heavy atom. The number of fused-ring (bicyclic) bond motifs is 8. The van der Waals surface area contributed by atoms with Gasteiger partial charge < -0.3 is 29.6 Å². The third-order valence-electron chi connectivity index (χ3n) is 9.91. The van der Waals surface area contributed by atoms with Crippen molar-refractivity contribution in [3.8, 4) is 23.0 Å². The molecule has 0 radical (unpaired) electrons. The number of nitrogens with one attached hydrogen (secondary N) is 2. The Bertz CT molecular complexity index is 1710. The number of rotatable bonds is 18. The fraction of sp³-hybridized carbons (Fsp3) is 0.458. The largest absolute Gasteiger partial charge is 0.493 e. The van der Waals surface area contributed by atoms with Crippen LogP contribution in [0.15, 0.2) is 60.7 Å². The summed E-state index contributed by atoms with van der Waals surface area (Å²) in [5, 5.41) is 6.21. The van der Waals surface area contributed by atoms with Gasteiger partial charge in [-0.3, -0.25) is 9.59 Å². The van der Waals surface area contributed by atoms with E-state index in [9.17, 15) is 9.59 Å². The van der Waals surface area contributed by atoms with Gasteiger partial charge in [-0.25, -0.2) is 0 Å². The van der Waals surface area contributed by atoms with Crippen molar-refractivity contribution in [3.05, 3.63) is 116 Å². The van der Waals surface area contributed by atoms with Gasteiger partial charge in [0.05, 0.1) is 26.4 Å². The minimum Gasteiger partial charge on any atom is -0.493 e. The molecule has 0 heterocycles. The topological polar surface area (TPSA) is 95.1 Å². The molecule has 8 nitrogen and oxygen atoms in total. The molecule has 8 heteroatoms. The average Bonchev–Trinajstić information content (AvgIpc) is 3.20. The van der Waals surface area contributed by atoms with E-state index in [4.69, 9.17) is 18.9 Å². The fourth-order valence-electron chi connectivity index (χ4n) is 7.25. The summed E-state index contributed by atoms with van der Waals surface area (Å²) >= 11 is 0. The predicted octanol–water partition coefficient (Wildman–Crippen LogP) is 9.57. The van der Waals surface area contributed by atoms with E-state index in [1.165, 1.54) is 0 Å². The maximum atomic E-state index is 12.5. The van der Waals surface area contributed by atoms with Crippen LogP contribution in [0.1, 0.15) is 136 Å². The van der Waals surface area contributed by atoms with Crippen LogP contribution in [0.4, 0.5) is 0 Å². The van der Waals surface area contributed by atoms with Crippen LogP contribution < -0.4 is 29.6 Å². The summed E-state index contributed by atoms with van der Waals surface area (Å²) in [7, 11) is 0. The molecule has 0 unspecified atom stereocenters. The third-order valence-corrected chi connectivity index (χ3v) is 9.91. The zero-order valence-electron chi connectivity index (χ0n) is 34.5. The number of benzene rings is 4. The Morgan fingerprint density at radius 3 is 0.964 bits per heavy atom. The van der Waals surface area contributed by atoms with Crippen molar-refractivity contribution in [1.29, 1.82) is 0 Å². The molecule has 0 fully saturated rings. The zero-order chi connectivity index (χ0) is 39.9. The van der Waals surface area contributed by atoms with Crippen molar-refractivity contribution < 1.29 is 28.5 Å². The van der Waals surface area contributed by atoms with Crippen molar-refractivity contribution in [3.63, 3.8) is 0 Å². The van der Waals surface area contributed by atoms with Crippen molar-refractivity contribution in [2.45, 2.75) is 119 Å². The smallest absolute Gasteiger partial charge is 0.219 e. The summed E-state index contributed by atoms with van der Waals surface area (Å²) in [6, 6.07) is 21.6. The number of para-hydroxylation sites is 2. The van der Waals surface area contributed by atoms with E-state index >= 15 is 0 Å². The summed E-state index contributed by atoms with van der Waals surface area (Å²) in [6.45, 7) is 15.4. The Balaban J connectivity index is 1.81. The van der Waals surface area contributed by atoms with Gasteiger partial charge >= 0.3 is 0 Å². The van der Waals surface area contributed by atoms with Crippen LogP contribution in [-0.4, -0.2) is 38.2 Å². The molecule has 0 saturated carbocycles. The molecule has 1 aliphatic carbocycles. The molecule has 300 valence electrons. The predicted molar refractivity (Wildman–Crippen MR) is 224 cm³/mol. The lowest BCUT2D eigenvalue weighted by molar-refractivity contribution is -0.121. The molecular formula is C48H62N2O6. The molecule has 1 aliphatic rings. The summed E-state index contributed by atoms with van der Waals surface area (Å²) in [5.41, 5.74) is 10.5. The van der Waals surface area contributed by atoms with Crippen molar-refractivity contribution in [1.82, 2.24) is 10.6 Å². The van der Waals surface area contributed by atoms with E-state index in [0.717, 1.165) is 104 Å². The van der Waals surface area contributed by atoms with Gasteiger partial charge in [-0.05, 0) is 106 Å². The maximum absolute atomic E-state index is 12.5. The molecule has 0 atom stereocenters. The highest BCUT2D eigenvalue weighted by Gasteiger charge is 2.23. The quantitative estimate of drug-likeness (QED) is 0.0924. The van der Waals surface area contributed by atoms with E-state index in [1.807, 2.05) is 13.8 Å². The van der Waals surface area contributed by atoms with E-state index in [0.29, 0.717) is 78.0 Å². The van der Waals surface area contributed by atoms with Gasteiger partial charge in [0.25, 0.3) is 0 Å². The van der Waals surface area contributed by atoms with E-state index in [-0.39, 0.29) is 11.8 Å². The Hall–Kier alpha value is -4.98. The molecule has 4 aromatic rings.